The highest BCUT2D eigenvalue weighted by atomic mass is 19.2. The number of anilines is 1. The van der Waals surface area contributed by atoms with E-state index in [1.165, 1.54) is 0 Å². The molecule has 2 rings (SSSR count). The minimum atomic E-state index is -1.69. The van der Waals surface area contributed by atoms with Gasteiger partial charge in [0, 0.05) is 6.54 Å². The molecule has 0 fully saturated rings. The molecule has 0 aliphatic heterocycles. The van der Waals surface area contributed by atoms with Crippen LogP contribution in [0, 0.1) is 23.5 Å². The Labute approximate surface area is 137 Å². The van der Waals surface area contributed by atoms with E-state index in [-0.39, 0.29) is 12.1 Å². The number of nitrogens with zero attached hydrogens (tertiary/aromatic N) is 1. The Hall–Kier alpha value is -2.15. The van der Waals surface area contributed by atoms with Crippen molar-refractivity contribution in [2.45, 2.75) is 39.5 Å². The molecule has 24 heavy (non-hydrogen) atoms. The number of hydrogen-bond acceptors (Lipinski definition) is 3. The molecule has 0 bridgehead atoms. The normalized spacial score (nSPS) is 11.6. The smallest absolute Gasteiger partial charge is 0.253 e. The summed E-state index contributed by atoms with van der Waals surface area (Å²) >= 11 is 0. The second-order valence-electron chi connectivity index (χ2n) is 6.27. The molecule has 0 spiro atoms. The van der Waals surface area contributed by atoms with Gasteiger partial charge < -0.3 is 10.1 Å². The van der Waals surface area contributed by atoms with E-state index in [4.69, 9.17) is 4.74 Å². The first kappa shape index (κ1) is 18.2. The van der Waals surface area contributed by atoms with Gasteiger partial charge in [-0.25, -0.2) is 0 Å². The van der Waals surface area contributed by atoms with Crippen LogP contribution in [0.5, 0.6) is 0 Å². The zero-order chi connectivity index (χ0) is 17.9. The lowest BCUT2D eigenvalue weighted by molar-refractivity contribution is -0.0149. The van der Waals surface area contributed by atoms with E-state index in [2.05, 4.69) is 10.3 Å². The first-order valence-electron chi connectivity index (χ1n) is 7.33. The van der Waals surface area contributed by atoms with Crippen molar-refractivity contribution >= 4 is 5.69 Å². The van der Waals surface area contributed by atoms with Gasteiger partial charge in [-0.1, -0.05) is 24.3 Å². The number of rotatable bonds is 5. The van der Waals surface area contributed by atoms with Crippen molar-refractivity contribution in [2.24, 2.45) is 0 Å². The second-order valence-corrected chi connectivity index (χ2v) is 6.27. The maximum absolute atomic E-state index is 13.5. The molecule has 2 aromatic rings. The molecule has 0 aliphatic rings. The first-order valence-corrected chi connectivity index (χ1v) is 7.33. The number of pyridine rings is 1. The molecule has 3 nitrogen and oxygen atoms in total. The second kappa shape index (κ2) is 7.17. The van der Waals surface area contributed by atoms with Crippen molar-refractivity contribution < 1.29 is 22.3 Å². The molecular weight excluding hydrogens is 324 g/mol. The average Bonchev–Trinajstić information content (AvgIpc) is 2.51. The van der Waals surface area contributed by atoms with Gasteiger partial charge >= 0.3 is 0 Å². The van der Waals surface area contributed by atoms with Crippen LogP contribution < -0.4 is 5.32 Å². The number of hydrogen-bond donors (Lipinski definition) is 1. The molecule has 1 aromatic heterocycles. The fourth-order valence-electron chi connectivity index (χ4n) is 1.96. The van der Waals surface area contributed by atoms with Crippen molar-refractivity contribution in [2.75, 3.05) is 5.32 Å². The van der Waals surface area contributed by atoms with Gasteiger partial charge in [0.15, 0.2) is 0 Å². The van der Waals surface area contributed by atoms with Gasteiger partial charge in [0.1, 0.15) is 5.69 Å². The standard InChI is InChI=1S/C17H18F4N2O/c1-17(2,3)24-9-11-6-4-5-10(7-11)8-22-14-12(18)15(20)23-16(21)13(14)19/h4-7H,8-9H2,1-3H3,(H,22,23). The van der Waals surface area contributed by atoms with Crippen LogP contribution in [0.4, 0.5) is 23.2 Å². The summed E-state index contributed by atoms with van der Waals surface area (Å²) in [6.07, 6.45) is 0. The summed E-state index contributed by atoms with van der Waals surface area (Å²) in [4.78, 5) is 2.51. The Morgan fingerprint density at radius 2 is 1.58 bits per heavy atom. The molecule has 0 saturated heterocycles. The lowest BCUT2D eigenvalue weighted by Gasteiger charge is -2.19. The largest absolute Gasteiger partial charge is 0.376 e. The molecule has 7 heteroatoms. The van der Waals surface area contributed by atoms with Gasteiger partial charge in [0.2, 0.25) is 11.6 Å². The predicted molar refractivity (Wildman–Crippen MR) is 82.4 cm³/mol. The third-order valence-electron chi connectivity index (χ3n) is 3.13. The summed E-state index contributed by atoms with van der Waals surface area (Å²) in [5.74, 6) is -6.49. The number of benzene rings is 1. The topological polar surface area (TPSA) is 34.1 Å². The molecule has 130 valence electrons. The van der Waals surface area contributed by atoms with Crippen LogP contribution in [0.1, 0.15) is 31.9 Å². The Morgan fingerprint density at radius 1 is 1.00 bits per heavy atom. The zero-order valence-corrected chi connectivity index (χ0v) is 13.6. The van der Waals surface area contributed by atoms with Crippen molar-refractivity contribution in [1.82, 2.24) is 4.98 Å². The number of aromatic nitrogens is 1. The van der Waals surface area contributed by atoms with Crippen LogP contribution >= 0.6 is 0 Å². The lowest BCUT2D eigenvalue weighted by Crippen LogP contribution is -2.18. The van der Waals surface area contributed by atoms with Crippen LogP contribution in [-0.2, 0) is 17.9 Å². The van der Waals surface area contributed by atoms with Gasteiger partial charge in [-0.05, 0) is 31.9 Å². The van der Waals surface area contributed by atoms with Crippen molar-refractivity contribution in [3.63, 3.8) is 0 Å². The molecular formula is C17H18F4N2O. The highest BCUT2D eigenvalue weighted by Crippen LogP contribution is 2.23. The number of halogens is 4. The summed E-state index contributed by atoms with van der Waals surface area (Å²) in [5, 5.41) is 2.37. The summed E-state index contributed by atoms with van der Waals surface area (Å²) in [6, 6.07) is 7.11. The molecule has 0 saturated carbocycles. The van der Waals surface area contributed by atoms with Gasteiger partial charge in [0.25, 0.3) is 11.9 Å². The van der Waals surface area contributed by atoms with E-state index < -0.39 is 29.2 Å². The molecule has 0 radical (unpaired) electrons. The van der Waals surface area contributed by atoms with Crippen molar-refractivity contribution in [3.05, 3.63) is 58.9 Å². The van der Waals surface area contributed by atoms with Crippen molar-refractivity contribution in [1.29, 1.82) is 0 Å². The van der Waals surface area contributed by atoms with Crippen LogP contribution in [0.3, 0.4) is 0 Å². The van der Waals surface area contributed by atoms with E-state index in [9.17, 15) is 17.6 Å². The molecule has 1 N–H and O–H groups in total. The summed E-state index contributed by atoms with van der Waals surface area (Å²) in [7, 11) is 0. The summed E-state index contributed by atoms with van der Waals surface area (Å²) < 4.78 is 58.9. The van der Waals surface area contributed by atoms with Crippen LogP contribution in [0.15, 0.2) is 24.3 Å². The van der Waals surface area contributed by atoms with Gasteiger partial charge in [-0.3, -0.25) is 0 Å². The first-order chi connectivity index (χ1) is 11.2. The minimum Gasteiger partial charge on any atom is -0.376 e. The SMILES string of the molecule is CC(C)(C)OCc1cccc(CNc2c(F)c(F)nc(F)c2F)c1. The number of ether oxygens (including phenoxy) is 1. The van der Waals surface area contributed by atoms with Gasteiger partial charge in [-0.15, -0.1) is 0 Å². The van der Waals surface area contributed by atoms with Crippen LogP contribution in [0.2, 0.25) is 0 Å². The molecule has 1 heterocycles. The number of nitrogens with one attached hydrogen (secondary N) is 1. The highest BCUT2D eigenvalue weighted by molar-refractivity contribution is 5.46. The summed E-state index contributed by atoms with van der Waals surface area (Å²) in [6.45, 7) is 6.14. The predicted octanol–water partition coefficient (Wildman–Crippen LogP) is 4.57. The third kappa shape index (κ3) is 4.67. The lowest BCUT2D eigenvalue weighted by atomic mass is 10.1. The Kier molecular flexibility index (Phi) is 5.43. The minimum absolute atomic E-state index is 0.0138. The van der Waals surface area contributed by atoms with E-state index in [1.807, 2.05) is 26.8 Å². The Bertz CT molecular complexity index is 703. The Morgan fingerprint density at radius 3 is 2.17 bits per heavy atom. The monoisotopic (exact) mass is 342 g/mol. The molecule has 0 aliphatic carbocycles. The maximum Gasteiger partial charge on any atom is 0.253 e. The van der Waals surface area contributed by atoms with Crippen molar-refractivity contribution in [3.8, 4) is 0 Å². The highest BCUT2D eigenvalue weighted by Gasteiger charge is 2.20. The van der Waals surface area contributed by atoms with Crippen LogP contribution in [-0.4, -0.2) is 10.6 Å². The summed E-state index contributed by atoms with van der Waals surface area (Å²) in [5.41, 5.74) is 0.377. The average molecular weight is 342 g/mol. The van der Waals surface area contributed by atoms with E-state index >= 15 is 0 Å². The van der Waals surface area contributed by atoms with Gasteiger partial charge in [-0.2, -0.15) is 22.5 Å². The molecule has 1 aromatic carbocycles. The zero-order valence-electron chi connectivity index (χ0n) is 13.6. The quantitative estimate of drug-likeness (QED) is 0.639. The van der Waals surface area contributed by atoms with Crippen LogP contribution in [0.25, 0.3) is 0 Å². The maximum atomic E-state index is 13.5. The molecule has 0 unspecified atom stereocenters. The molecule has 0 atom stereocenters. The van der Waals surface area contributed by atoms with E-state index in [1.54, 1.807) is 18.2 Å². The fraction of sp³-hybridized carbons (Fsp3) is 0.353. The Balaban J connectivity index is 2.11. The third-order valence-corrected chi connectivity index (χ3v) is 3.13. The fourth-order valence-corrected chi connectivity index (χ4v) is 1.96. The molecule has 0 amide bonds. The van der Waals surface area contributed by atoms with E-state index in [0.717, 1.165) is 5.56 Å². The van der Waals surface area contributed by atoms with E-state index in [0.29, 0.717) is 12.2 Å². The van der Waals surface area contributed by atoms with Gasteiger partial charge in [0.05, 0.1) is 12.2 Å².